The Morgan fingerprint density at radius 3 is 2.91 bits per heavy atom. The van der Waals surface area contributed by atoms with Crippen LogP contribution in [0, 0.1) is 0 Å². The van der Waals surface area contributed by atoms with E-state index < -0.39 is 0 Å². The second-order valence-corrected chi connectivity index (χ2v) is 6.02. The SMILES string of the molecule is O=C(CCN1C(=O)CCc2ccccc21)NCC1=CCNCC1. The molecule has 0 atom stereocenters. The van der Waals surface area contributed by atoms with Crippen LogP contribution in [0.25, 0.3) is 0 Å². The summed E-state index contributed by atoms with van der Waals surface area (Å²) in [5.41, 5.74) is 3.42. The van der Waals surface area contributed by atoms with Crippen molar-refractivity contribution in [2.24, 2.45) is 0 Å². The average molecular weight is 313 g/mol. The van der Waals surface area contributed by atoms with Crippen molar-refractivity contribution in [2.75, 3.05) is 31.1 Å². The summed E-state index contributed by atoms with van der Waals surface area (Å²) in [5.74, 6) is 0.109. The van der Waals surface area contributed by atoms with Gasteiger partial charge in [0.05, 0.1) is 0 Å². The fourth-order valence-electron chi connectivity index (χ4n) is 3.09. The minimum absolute atomic E-state index is 0.000266. The van der Waals surface area contributed by atoms with Crippen molar-refractivity contribution >= 4 is 17.5 Å². The minimum atomic E-state index is 0.000266. The lowest BCUT2D eigenvalue weighted by molar-refractivity contribution is -0.121. The van der Waals surface area contributed by atoms with E-state index in [-0.39, 0.29) is 11.8 Å². The van der Waals surface area contributed by atoms with E-state index in [1.54, 1.807) is 4.90 Å². The highest BCUT2D eigenvalue weighted by Gasteiger charge is 2.23. The van der Waals surface area contributed by atoms with Gasteiger partial charge in [-0.1, -0.05) is 29.8 Å². The van der Waals surface area contributed by atoms with Crippen LogP contribution in [0.3, 0.4) is 0 Å². The molecule has 122 valence electrons. The van der Waals surface area contributed by atoms with E-state index in [1.165, 1.54) is 11.1 Å². The number of carbonyl (C=O) groups is 2. The van der Waals surface area contributed by atoms with Crippen molar-refractivity contribution in [3.8, 4) is 0 Å². The highest BCUT2D eigenvalue weighted by atomic mass is 16.2. The second-order valence-electron chi connectivity index (χ2n) is 6.02. The molecule has 0 bridgehead atoms. The molecule has 23 heavy (non-hydrogen) atoms. The molecule has 5 nitrogen and oxygen atoms in total. The van der Waals surface area contributed by atoms with Gasteiger partial charge in [0.1, 0.15) is 0 Å². The number of nitrogens with one attached hydrogen (secondary N) is 2. The summed E-state index contributed by atoms with van der Waals surface area (Å²) in [6, 6.07) is 7.95. The van der Waals surface area contributed by atoms with Crippen molar-refractivity contribution in [1.82, 2.24) is 10.6 Å². The smallest absolute Gasteiger partial charge is 0.227 e. The molecule has 2 amide bonds. The van der Waals surface area contributed by atoms with Gasteiger partial charge in [-0.15, -0.1) is 0 Å². The molecule has 0 fully saturated rings. The predicted molar refractivity (Wildman–Crippen MR) is 90.3 cm³/mol. The van der Waals surface area contributed by atoms with Crippen molar-refractivity contribution in [2.45, 2.75) is 25.7 Å². The Morgan fingerprint density at radius 1 is 1.22 bits per heavy atom. The summed E-state index contributed by atoms with van der Waals surface area (Å²) in [6.07, 6.45) is 4.77. The van der Waals surface area contributed by atoms with Gasteiger partial charge in [-0.3, -0.25) is 9.59 Å². The number of para-hydroxylation sites is 1. The number of amides is 2. The van der Waals surface area contributed by atoms with E-state index in [9.17, 15) is 9.59 Å². The molecule has 2 heterocycles. The molecular weight excluding hydrogens is 290 g/mol. The first-order valence-corrected chi connectivity index (χ1v) is 8.27. The molecular formula is C18H23N3O2. The highest BCUT2D eigenvalue weighted by Crippen LogP contribution is 2.27. The third kappa shape index (κ3) is 3.99. The summed E-state index contributed by atoms with van der Waals surface area (Å²) in [5, 5.41) is 6.21. The number of carbonyl (C=O) groups excluding carboxylic acids is 2. The molecule has 2 aliphatic rings. The zero-order valence-electron chi connectivity index (χ0n) is 13.3. The van der Waals surface area contributed by atoms with Crippen molar-refractivity contribution < 1.29 is 9.59 Å². The Bertz CT molecular complexity index is 624. The Labute approximate surface area is 136 Å². The molecule has 0 radical (unpaired) electrons. The molecule has 0 unspecified atom stereocenters. The van der Waals surface area contributed by atoms with Gasteiger partial charge in [0.15, 0.2) is 0 Å². The molecule has 0 aliphatic carbocycles. The van der Waals surface area contributed by atoms with Crippen molar-refractivity contribution in [1.29, 1.82) is 0 Å². The maximum absolute atomic E-state index is 12.2. The normalized spacial score (nSPS) is 17.5. The van der Waals surface area contributed by atoms with Gasteiger partial charge in [-0.05, 0) is 31.0 Å². The van der Waals surface area contributed by atoms with Crippen LogP contribution in [0.1, 0.15) is 24.8 Å². The van der Waals surface area contributed by atoms with Crippen LogP contribution in [0.4, 0.5) is 5.69 Å². The molecule has 1 aromatic carbocycles. The van der Waals surface area contributed by atoms with E-state index >= 15 is 0 Å². The fourth-order valence-corrected chi connectivity index (χ4v) is 3.09. The number of nitrogens with zero attached hydrogens (tertiary/aromatic N) is 1. The van der Waals surface area contributed by atoms with E-state index in [2.05, 4.69) is 22.8 Å². The lowest BCUT2D eigenvalue weighted by Gasteiger charge is -2.29. The van der Waals surface area contributed by atoms with Gasteiger partial charge in [-0.25, -0.2) is 0 Å². The van der Waals surface area contributed by atoms with Crippen LogP contribution in [-0.4, -0.2) is 38.0 Å². The van der Waals surface area contributed by atoms with Gasteiger partial charge in [-0.2, -0.15) is 0 Å². The first-order valence-electron chi connectivity index (χ1n) is 8.27. The van der Waals surface area contributed by atoms with Crippen LogP contribution < -0.4 is 15.5 Å². The third-order valence-corrected chi connectivity index (χ3v) is 4.42. The largest absolute Gasteiger partial charge is 0.352 e. The number of aryl methyl sites for hydroxylation is 1. The van der Waals surface area contributed by atoms with Crippen molar-refractivity contribution in [3.63, 3.8) is 0 Å². The maximum atomic E-state index is 12.2. The van der Waals surface area contributed by atoms with Crippen LogP contribution in [0.2, 0.25) is 0 Å². The summed E-state index contributed by atoms with van der Waals surface area (Å²) in [6.45, 7) is 2.92. The molecule has 3 rings (SSSR count). The van der Waals surface area contributed by atoms with E-state index in [0.29, 0.717) is 25.9 Å². The molecule has 1 aromatic rings. The molecule has 2 aliphatic heterocycles. The van der Waals surface area contributed by atoms with Crippen LogP contribution in [-0.2, 0) is 16.0 Å². The topological polar surface area (TPSA) is 61.4 Å². The van der Waals surface area contributed by atoms with Crippen LogP contribution in [0.5, 0.6) is 0 Å². The molecule has 0 saturated carbocycles. The maximum Gasteiger partial charge on any atom is 0.227 e. The summed E-state index contributed by atoms with van der Waals surface area (Å²) in [7, 11) is 0. The second kappa shape index (κ2) is 7.42. The van der Waals surface area contributed by atoms with E-state index in [4.69, 9.17) is 0 Å². The monoisotopic (exact) mass is 313 g/mol. The number of fused-ring (bicyclic) bond motifs is 1. The number of rotatable bonds is 5. The van der Waals surface area contributed by atoms with Gasteiger partial charge in [0.25, 0.3) is 0 Å². The fraction of sp³-hybridized carbons (Fsp3) is 0.444. The zero-order chi connectivity index (χ0) is 16.1. The van der Waals surface area contributed by atoms with Crippen LogP contribution in [0.15, 0.2) is 35.9 Å². The summed E-state index contributed by atoms with van der Waals surface area (Å²) >= 11 is 0. The molecule has 2 N–H and O–H groups in total. The van der Waals surface area contributed by atoms with E-state index in [0.717, 1.165) is 31.6 Å². The quantitative estimate of drug-likeness (QED) is 0.808. The number of hydrogen-bond acceptors (Lipinski definition) is 3. The lowest BCUT2D eigenvalue weighted by Crippen LogP contribution is -2.38. The van der Waals surface area contributed by atoms with Gasteiger partial charge < -0.3 is 15.5 Å². The predicted octanol–water partition coefficient (Wildman–Crippen LogP) is 1.39. The van der Waals surface area contributed by atoms with E-state index in [1.807, 2.05) is 18.2 Å². The molecule has 0 spiro atoms. The van der Waals surface area contributed by atoms with Gasteiger partial charge in [0, 0.05) is 38.2 Å². The first kappa shape index (κ1) is 15.7. The Balaban J connectivity index is 1.52. The molecule has 5 heteroatoms. The Hall–Kier alpha value is -2.14. The zero-order valence-corrected chi connectivity index (χ0v) is 13.3. The van der Waals surface area contributed by atoms with Gasteiger partial charge >= 0.3 is 0 Å². The number of benzene rings is 1. The molecule has 0 saturated heterocycles. The standard InChI is InChI=1S/C18H23N3O2/c22-17(20-13-14-7-10-19-11-8-14)9-12-21-16-4-2-1-3-15(16)5-6-18(21)23/h1-4,7,19H,5-6,8-13H2,(H,20,22). The first-order chi connectivity index (χ1) is 11.2. The molecule has 0 aromatic heterocycles. The van der Waals surface area contributed by atoms with Crippen molar-refractivity contribution in [3.05, 3.63) is 41.5 Å². The third-order valence-electron chi connectivity index (χ3n) is 4.42. The van der Waals surface area contributed by atoms with Crippen LogP contribution >= 0.6 is 0 Å². The Morgan fingerprint density at radius 2 is 2.09 bits per heavy atom. The van der Waals surface area contributed by atoms with Gasteiger partial charge in [0.2, 0.25) is 11.8 Å². The lowest BCUT2D eigenvalue weighted by atomic mass is 10.0. The minimum Gasteiger partial charge on any atom is -0.352 e. The summed E-state index contributed by atoms with van der Waals surface area (Å²) < 4.78 is 0. The summed E-state index contributed by atoms with van der Waals surface area (Å²) in [4.78, 5) is 26.0. The number of hydrogen-bond donors (Lipinski definition) is 2. The average Bonchev–Trinajstić information content (AvgIpc) is 2.60. The Kier molecular flexibility index (Phi) is 5.08. The number of anilines is 1. The highest BCUT2D eigenvalue weighted by molar-refractivity contribution is 5.96.